The monoisotopic (exact) mass is 280 g/mol. The van der Waals surface area contributed by atoms with E-state index in [1.807, 2.05) is 6.92 Å². The first kappa shape index (κ1) is 15.6. The van der Waals surface area contributed by atoms with Crippen molar-refractivity contribution >= 4 is 5.78 Å². The second-order valence-electron chi connectivity index (χ2n) is 4.18. The van der Waals surface area contributed by atoms with Gasteiger partial charge in [-0.05, 0) is 6.42 Å². The zero-order chi connectivity index (χ0) is 14.6. The molecular formula is C13H13F5O. The predicted octanol–water partition coefficient (Wildman–Crippen LogP) is 4.54. The van der Waals surface area contributed by atoms with Crippen LogP contribution in [0.3, 0.4) is 0 Å². The van der Waals surface area contributed by atoms with Crippen LogP contribution in [0.15, 0.2) is 0 Å². The van der Waals surface area contributed by atoms with Crippen LogP contribution >= 0.6 is 0 Å². The minimum Gasteiger partial charge on any atom is -0.294 e. The van der Waals surface area contributed by atoms with E-state index in [-0.39, 0.29) is 6.42 Å². The number of carbonyl (C=O) groups is 1. The Labute approximate surface area is 107 Å². The van der Waals surface area contributed by atoms with Crippen LogP contribution in [0, 0.1) is 29.1 Å². The van der Waals surface area contributed by atoms with Crippen LogP contribution in [0.25, 0.3) is 0 Å². The fourth-order valence-electron chi connectivity index (χ4n) is 1.69. The summed E-state index contributed by atoms with van der Waals surface area (Å²) >= 11 is 0. The van der Waals surface area contributed by atoms with Crippen molar-refractivity contribution in [2.75, 3.05) is 0 Å². The van der Waals surface area contributed by atoms with Gasteiger partial charge in [-0.1, -0.05) is 26.2 Å². The first-order valence-electron chi connectivity index (χ1n) is 5.96. The van der Waals surface area contributed by atoms with E-state index >= 15 is 0 Å². The van der Waals surface area contributed by atoms with E-state index in [4.69, 9.17) is 0 Å². The fraction of sp³-hybridized carbons (Fsp3) is 0.462. The number of hydrogen-bond donors (Lipinski definition) is 0. The molecule has 0 spiro atoms. The quantitative estimate of drug-likeness (QED) is 0.246. The second-order valence-corrected chi connectivity index (χ2v) is 4.18. The van der Waals surface area contributed by atoms with Gasteiger partial charge in [0.25, 0.3) is 0 Å². The topological polar surface area (TPSA) is 17.1 Å². The Morgan fingerprint density at radius 1 is 0.789 bits per heavy atom. The molecule has 0 N–H and O–H groups in total. The minimum atomic E-state index is -2.25. The molecule has 0 aliphatic heterocycles. The highest BCUT2D eigenvalue weighted by molar-refractivity contribution is 5.96. The van der Waals surface area contributed by atoms with E-state index in [1.54, 1.807) is 0 Å². The molecule has 0 unspecified atom stereocenters. The zero-order valence-electron chi connectivity index (χ0n) is 10.3. The highest BCUT2D eigenvalue weighted by Gasteiger charge is 2.29. The van der Waals surface area contributed by atoms with Gasteiger partial charge in [-0.15, -0.1) is 0 Å². The number of benzene rings is 1. The Hall–Kier alpha value is -1.46. The number of ketones is 1. The maximum absolute atomic E-state index is 13.3. The lowest BCUT2D eigenvalue weighted by atomic mass is 10.0. The summed E-state index contributed by atoms with van der Waals surface area (Å²) in [7, 11) is 0. The summed E-state index contributed by atoms with van der Waals surface area (Å²) in [6, 6.07) is 0. The van der Waals surface area contributed by atoms with Gasteiger partial charge >= 0.3 is 0 Å². The Kier molecular flexibility index (Phi) is 5.44. The number of unbranched alkanes of at least 4 members (excludes halogenated alkanes) is 3. The lowest BCUT2D eigenvalue weighted by molar-refractivity contribution is 0.0967. The van der Waals surface area contributed by atoms with E-state index in [2.05, 4.69) is 0 Å². The molecule has 1 aromatic carbocycles. The molecule has 0 aromatic heterocycles. The molecule has 0 heterocycles. The molecule has 0 amide bonds. The minimum absolute atomic E-state index is 0.238. The summed E-state index contributed by atoms with van der Waals surface area (Å²) < 4.78 is 65.1. The van der Waals surface area contributed by atoms with Crippen molar-refractivity contribution in [3.63, 3.8) is 0 Å². The summed E-state index contributed by atoms with van der Waals surface area (Å²) in [6.07, 6.45) is 2.52. The number of rotatable bonds is 6. The van der Waals surface area contributed by atoms with Crippen LogP contribution in [-0.2, 0) is 0 Å². The third-order valence-corrected chi connectivity index (χ3v) is 2.75. The Bertz CT molecular complexity index is 455. The lowest BCUT2D eigenvalue weighted by Crippen LogP contribution is -2.12. The Balaban J connectivity index is 2.97. The van der Waals surface area contributed by atoms with Crippen LogP contribution in [0.4, 0.5) is 22.0 Å². The summed E-state index contributed by atoms with van der Waals surface area (Å²) in [6.45, 7) is 1.94. The van der Waals surface area contributed by atoms with Gasteiger partial charge in [0.05, 0.1) is 5.56 Å². The van der Waals surface area contributed by atoms with E-state index < -0.39 is 40.4 Å². The molecule has 0 aliphatic carbocycles. The van der Waals surface area contributed by atoms with Crippen LogP contribution in [0.1, 0.15) is 49.4 Å². The summed E-state index contributed by atoms with van der Waals surface area (Å²) in [5, 5.41) is 0. The van der Waals surface area contributed by atoms with Crippen LogP contribution in [0.2, 0.25) is 0 Å². The highest BCUT2D eigenvalue weighted by Crippen LogP contribution is 2.24. The fourth-order valence-corrected chi connectivity index (χ4v) is 1.69. The van der Waals surface area contributed by atoms with Crippen molar-refractivity contribution in [2.45, 2.75) is 39.0 Å². The third-order valence-electron chi connectivity index (χ3n) is 2.75. The van der Waals surface area contributed by atoms with Crippen molar-refractivity contribution in [3.05, 3.63) is 34.6 Å². The predicted molar refractivity (Wildman–Crippen MR) is 59.3 cm³/mol. The molecule has 1 nitrogen and oxygen atoms in total. The Morgan fingerprint density at radius 3 is 1.74 bits per heavy atom. The van der Waals surface area contributed by atoms with Gasteiger partial charge in [0.1, 0.15) is 0 Å². The van der Waals surface area contributed by atoms with Crippen molar-refractivity contribution in [3.8, 4) is 0 Å². The van der Waals surface area contributed by atoms with Gasteiger partial charge in [0, 0.05) is 6.42 Å². The van der Waals surface area contributed by atoms with E-state index in [9.17, 15) is 26.7 Å². The molecular weight excluding hydrogens is 267 g/mol. The number of carbonyl (C=O) groups excluding carboxylic acids is 1. The zero-order valence-corrected chi connectivity index (χ0v) is 10.3. The maximum atomic E-state index is 13.3. The van der Waals surface area contributed by atoms with Crippen LogP contribution in [-0.4, -0.2) is 5.78 Å². The normalized spacial score (nSPS) is 10.8. The average molecular weight is 280 g/mol. The standard InChI is InChI=1S/C13H13F5O/c1-2-3-4-5-6-7(19)8-9(14)11(16)13(18)12(17)10(8)15/h2-6H2,1H3. The molecule has 1 aromatic rings. The van der Waals surface area contributed by atoms with Crippen molar-refractivity contribution in [1.29, 1.82) is 0 Å². The van der Waals surface area contributed by atoms with Gasteiger partial charge in [0.2, 0.25) is 5.82 Å². The summed E-state index contributed by atoms with van der Waals surface area (Å²) in [4.78, 5) is 11.5. The van der Waals surface area contributed by atoms with Gasteiger partial charge in [-0.3, -0.25) is 4.79 Å². The molecule has 0 atom stereocenters. The van der Waals surface area contributed by atoms with Crippen LogP contribution < -0.4 is 0 Å². The molecule has 0 bridgehead atoms. The molecule has 0 aliphatic rings. The molecule has 106 valence electrons. The Morgan fingerprint density at radius 2 is 1.26 bits per heavy atom. The SMILES string of the molecule is CCCCCCC(=O)c1c(F)c(F)c(F)c(F)c1F. The van der Waals surface area contributed by atoms with Crippen molar-refractivity contribution < 1.29 is 26.7 Å². The highest BCUT2D eigenvalue weighted by atomic mass is 19.2. The third kappa shape index (κ3) is 3.30. The molecule has 6 heteroatoms. The second kappa shape index (κ2) is 6.63. The van der Waals surface area contributed by atoms with Crippen molar-refractivity contribution in [1.82, 2.24) is 0 Å². The van der Waals surface area contributed by atoms with E-state index in [0.29, 0.717) is 12.8 Å². The van der Waals surface area contributed by atoms with E-state index in [1.165, 1.54) is 0 Å². The maximum Gasteiger partial charge on any atom is 0.200 e. The molecule has 0 fully saturated rings. The average Bonchev–Trinajstić information content (AvgIpc) is 2.39. The number of halogens is 5. The first-order chi connectivity index (χ1) is 8.91. The van der Waals surface area contributed by atoms with Gasteiger partial charge < -0.3 is 0 Å². The molecule has 19 heavy (non-hydrogen) atoms. The van der Waals surface area contributed by atoms with Gasteiger partial charge in [0.15, 0.2) is 29.1 Å². The van der Waals surface area contributed by atoms with Crippen molar-refractivity contribution in [2.24, 2.45) is 0 Å². The molecule has 0 radical (unpaired) electrons. The van der Waals surface area contributed by atoms with Gasteiger partial charge in [-0.25, -0.2) is 22.0 Å². The molecule has 0 saturated heterocycles. The molecule has 0 saturated carbocycles. The number of hydrogen-bond acceptors (Lipinski definition) is 1. The van der Waals surface area contributed by atoms with Gasteiger partial charge in [-0.2, -0.15) is 0 Å². The first-order valence-corrected chi connectivity index (χ1v) is 5.96. The summed E-state index contributed by atoms with van der Waals surface area (Å²) in [5.41, 5.74) is -1.34. The smallest absolute Gasteiger partial charge is 0.200 e. The summed E-state index contributed by atoms with van der Waals surface area (Å²) in [5.74, 6) is -11.6. The lowest BCUT2D eigenvalue weighted by Gasteiger charge is -2.07. The van der Waals surface area contributed by atoms with E-state index in [0.717, 1.165) is 12.8 Å². The molecule has 1 rings (SSSR count). The van der Waals surface area contributed by atoms with Crippen LogP contribution in [0.5, 0.6) is 0 Å². The number of Topliss-reactive ketones (excluding diaryl/α,β-unsaturated/α-hetero) is 1. The largest absolute Gasteiger partial charge is 0.294 e.